The maximum Gasteiger partial charge on any atom is 0.328 e. The smallest absolute Gasteiger partial charge is 0.328 e. The van der Waals surface area contributed by atoms with E-state index in [1.807, 2.05) is 0 Å². The molecular formula is C19H22N4O5S. The monoisotopic (exact) mass is 418 g/mol. The van der Waals surface area contributed by atoms with Crippen molar-refractivity contribution in [3.8, 4) is 6.07 Å². The van der Waals surface area contributed by atoms with Gasteiger partial charge < -0.3 is 10.1 Å². The highest BCUT2D eigenvalue weighted by Crippen LogP contribution is 2.27. The number of fused-ring (bicyclic) bond motifs is 1. The predicted molar refractivity (Wildman–Crippen MR) is 103 cm³/mol. The number of nitrogens with one attached hydrogen (secondary N) is 2. The first-order valence-corrected chi connectivity index (χ1v) is 10.8. The number of hydrogen-bond donors (Lipinski definition) is 2. The molecule has 1 aliphatic heterocycles. The van der Waals surface area contributed by atoms with Crippen LogP contribution in [0.5, 0.6) is 0 Å². The summed E-state index contributed by atoms with van der Waals surface area (Å²) in [4.78, 5) is 28.5. The Balaban J connectivity index is 1.59. The van der Waals surface area contributed by atoms with Crippen LogP contribution in [0.4, 0.5) is 0 Å². The minimum atomic E-state index is -3.69. The van der Waals surface area contributed by atoms with Crippen molar-refractivity contribution in [3.05, 3.63) is 29.8 Å². The van der Waals surface area contributed by atoms with Crippen molar-refractivity contribution >= 4 is 27.7 Å². The molecule has 2 N–H and O–H groups in total. The van der Waals surface area contributed by atoms with Crippen LogP contribution in [0.2, 0.25) is 0 Å². The van der Waals surface area contributed by atoms with Gasteiger partial charge in [-0.25, -0.2) is 8.42 Å². The number of nitriles is 1. The minimum Gasteiger partial charge on any atom is -0.451 e. The fraction of sp³-hybridized carbons (Fsp3) is 0.474. The van der Waals surface area contributed by atoms with E-state index >= 15 is 0 Å². The number of amides is 1. The number of amidine groups is 1. The van der Waals surface area contributed by atoms with Gasteiger partial charge in [-0.05, 0) is 31.9 Å². The maximum absolute atomic E-state index is 12.4. The fourth-order valence-corrected chi connectivity index (χ4v) is 4.69. The molecule has 0 saturated heterocycles. The van der Waals surface area contributed by atoms with E-state index in [0.717, 1.165) is 19.3 Å². The third kappa shape index (κ3) is 4.56. The van der Waals surface area contributed by atoms with Crippen molar-refractivity contribution in [1.82, 2.24) is 10.0 Å². The van der Waals surface area contributed by atoms with Crippen molar-refractivity contribution in [2.75, 3.05) is 6.54 Å². The summed E-state index contributed by atoms with van der Waals surface area (Å²) in [5, 5.41) is 12.1. The Morgan fingerprint density at radius 2 is 2.00 bits per heavy atom. The van der Waals surface area contributed by atoms with Crippen molar-refractivity contribution in [2.45, 2.75) is 55.6 Å². The first kappa shape index (κ1) is 20.8. The molecule has 0 radical (unpaired) electrons. The highest BCUT2D eigenvalue weighted by Gasteiger charge is 2.35. The molecule has 1 saturated carbocycles. The normalized spacial score (nSPS) is 21.3. The lowest BCUT2D eigenvalue weighted by atomic mass is 9.83. The van der Waals surface area contributed by atoms with Gasteiger partial charge in [-0.1, -0.05) is 31.4 Å². The molecule has 0 aromatic heterocycles. The van der Waals surface area contributed by atoms with Crippen LogP contribution in [-0.4, -0.2) is 44.3 Å². The third-order valence-corrected chi connectivity index (χ3v) is 6.39. The lowest BCUT2D eigenvalue weighted by molar-refractivity contribution is -0.154. The number of ether oxygens (including phenoxy) is 1. The van der Waals surface area contributed by atoms with Gasteiger partial charge in [0, 0.05) is 5.56 Å². The number of rotatable bonds is 5. The third-order valence-electron chi connectivity index (χ3n) is 4.99. The van der Waals surface area contributed by atoms with E-state index in [1.54, 1.807) is 18.2 Å². The predicted octanol–water partition coefficient (Wildman–Crippen LogP) is 0.999. The van der Waals surface area contributed by atoms with Gasteiger partial charge in [-0.2, -0.15) is 5.26 Å². The van der Waals surface area contributed by atoms with Crippen molar-refractivity contribution in [1.29, 1.82) is 5.26 Å². The highest BCUT2D eigenvalue weighted by molar-refractivity contribution is 7.90. The summed E-state index contributed by atoms with van der Waals surface area (Å²) in [6.45, 7) is 0.967. The Morgan fingerprint density at radius 3 is 2.69 bits per heavy atom. The van der Waals surface area contributed by atoms with Crippen LogP contribution >= 0.6 is 0 Å². The Morgan fingerprint density at radius 1 is 1.31 bits per heavy atom. The van der Waals surface area contributed by atoms with E-state index in [9.17, 15) is 23.3 Å². The molecule has 1 fully saturated rings. The van der Waals surface area contributed by atoms with Gasteiger partial charge >= 0.3 is 5.97 Å². The van der Waals surface area contributed by atoms with Gasteiger partial charge in [-0.3, -0.25) is 19.3 Å². The van der Waals surface area contributed by atoms with Crippen LogP contribution in [0.15, 0.2) is 34.2 Å². The molecule has 1 heterocycles. The molecule has 3 rings (SSSR count). The summed E-state index contributed by atoms with van der Waals surface area (Å²) in [7, 11) is -3.69. The molecule has 1 aliphatic carbocycles. The van der Waals surface area contributed by atoms with Gasteiger partial charge in [0.1, 0.15) is 17.9 Å². The Kier molecular flexibility index (Phi) is 5.88. The second-order valence-electron chi connectivity index (χ2n) is 7.14. The summed E-state index contributed by atoms with van der Waals surface area (Å²) in [5.41, 5.74) is -0.540. The lowest BCUT2D eigenvalue weighted by Gasteiger charge is -2.32. The first-order chi connectivity index (χ1) is 13.8. The van der Waals surface area contributed by atoms with Crippen LogP contribution < -0.4 is 10.0 Å². The second kappa shape index (κ2) is 8.21. The number of carbonyl (C=O) groups is 2. The quantitative estimate of drug-likeness (QED) is 0.684. The van der Waals surface area contributed by atoms with Crippen molar-refractivity contribution in [3.63, 3.8) is 0 Å². The molecule has 1 aromatic rings. The van der Waals surface area contributed by atoms with Crippen LogP contribution in [-0.2, 0) is 24.3 Å². The number of nitrogens with zero attached hydrogens (tertiary/aromatic N) is 2. The first-order valence-electron chi connectivity index (χ1n) is 9.36. The zero-order valence-corrected chi connectivity index (χ0v) is 16.8. The Hall–Kier alpha value is -2.93. The van der Waals surface area contributed by atoms with E-state index in [0.29, 0.717) is 18.4 Å². The standard InChI is InChI=1S/C19H22N4O5S/c1-13(18(25)22-19(12-20)9-5-2-6-10-19)28-16(24)11-21-17-14-7-3-4-8-15(14)29(26,27)23-17/h3-4,7-8,13H,2,5-6,9-11H2,1H3,(H,21,23)(H,22,25)/t13-/m1/s1. The lowest BCUT2D eigenvalue weighted by Crippen LogP contribution is -2.52. The van der Waals surface area contributed by atoms with Gasteiger partial charge in [-0.15, -0.1) is 0 Å². The molecule has 154 valence electrons. The van der Waals surface area contributed by atoms with Crippen molar-refractivity contribution in [2.24, 2.45) is 4.99 Å². The Labute approximate surface area is 169 Å². The molecule has 0 spiro atoms. The SMILES string of the molecule is C[C@@H](OC(=O)CN=C1NS(=O)(=O)c2ccccc21)C(=O)NC1(C#N)CCCCC1. The highest BCUT2D eigenvalue weighted by atomic mass is 32.2. The number of esters is 1. The van der Waals surface area contributed by atoms with Crippen LogP contribution in [0.25, 0.3) is 0 Å². The van der Waals surface area contributed by atoms with Crippen molar-refractivity contribution < 1.29 is 22.7 Å². The van der Waals surface area contributed by atoms with E-state index < -0.39 is 40.1 Å². The fourth-order valence-electron chi connectivity index (χ4n) is 3.44. The molecule has 1 aromatic carbocycles. The molecule has 29 heavy (non-hydrogen) atoms. The molecular weight excluding hydrogens is 396 g/mol. The van der Waals surface area contributed by atoms with Gasteiger partial charge in [0.2, 0.25) is 0 Å². The van der Waals surface area contributed by atoms with E-state index in [2.05, 4.69) is 21.1 Å². The zero-order valence-electron chi connectivity index (χ0n) is 16.0. The number of carbonyl (C=O) groups excluding carboxylic acids is 2. The molecule has 0 bridgehead atoms. The summed E-state index contributed by atoms with van der Waals surface area (Å²) < 4.78 is 31.5. The second-order valence-corrected chi connectivity index (χ2v) is 8.79. The molecule has 9 nitrogen and oxygen atoms in total. The summed E-state index contributed by atoms with van der Waals surface area (Å²) >= 11 is 0. The van der Waals surface area contributed by atoms with Gasteiger partial charge in [0.15, 0.2) is 6.10 Å². The van der Waals surface area contributed by atoms with E-state index in [-0.39, 0.29) is 10.7 Å². The van der Waals surface area contributed by atoms with Gasteiger partial charge in [0.05, 0.1) is 11.0 Å². The summed E-state index contributed by atoms with van der Waals surface area (Å²) in [5.74, 6) is -1.26. The zero-order chi connectivity index (χ0) is 21.1. The molecule has 1 atom stereocenters. The maximum atomic E-state index is 12.4. The topological polar surface area (TPSA) is 138 Å². The summed E-state index contributed by atoms with van der Waals surface area (Å²) in [6.07, 6.45) is 2.79. The largest absolute Gasteiger partial charge is 0.451 e. The molecule has 2 aliphatic rings. The number of benzene rings is 1. The van der Waals surface area contributed by atoms with Crippen LogP contribution in [0, 0.1) is 11.3 Å². The van der Waals surface area contributed by atoms with Gasteiger partial charge in [0.25, 0.3) is 15.9 Å². The average molecular weight is 418 g/mol. The number of hydrogen-bond acceptors (Lipinski definition) is 7. The average Bonchev–Trinajstić information content (AvgIpc) is 2.97. The summed E-state index contributed by atoms with van der Waals surface area (Å²) in [6, 6.07) is 8.46. The molecule has 10 heteroatoms. The van der Waals surface area contributed by atoms with Crippen LogP contribution in [0.3, 0.4) is 0 Å². The van der Waals surface area contributed by atoms with E-state index in [1.165, 1.54) is 13.0 Å². The Bertz CT molecular complexity index is 990. The minimum absolute atomic E-state index is 0.0558. The molecule has 1 amide bonds. The number of aliphatic imine (C=N–C) groups is 1. The number of sulfonamides is 1. The molecule has 0 unspecified atom stereocenters. The van der Waals surface area contributed by atoms with E-state index in [4.69, 9.17) is 4.74 Å². The van der Waals surface area contributed by atoms with Crippen LogP contribution in [0.1, 0.15) is 44.6 Å².